The molecular formula is C7H14N2O3. The minimum Gasteiger partial charge on any atom is -0.376 e. The standard InChI is InChI=1S/C7H14N2O3/c1-5-6(2)9(4-11)7(12)8(5)3-10/h5-6,10-11H,3-4H2,1-2H3. The van der Waals surface area contributed by atoms with Gasteiger partial charge in [-0.2, -0.15) is 0 Å². The van der Waals surface area contributed by atoms with E-state index in [1.807, 2.05) is 13.8 Å². The third kappa shape index (κ3) is 1.15. The molecule has 5 heteroatoms. The van der Waals surface area contributed by atoms with Crippen molar-refractivity contribution >= 4 is 6.03 Å². The first-order chi connectivity index (χ1) is 5.63. The highest BCUT2D eigenvalue weighted by Gasteiger charge is 2.39. The van der Waals surface area contributed by atoms with Crippen molar-refractivity contribution in [2.24, 2.45) is 0 Å². The van der Waals surface area contributed by atoms with Crippen LogP contribution >= 0.6 is 0 Å². The predicted octanol–water partition coefficient (Wildman–Crippen LogP) is -0.599. The highest BCUT2D eigenvalue weighted by Crippen LogP contribution is 2.20. The normalized spacial score (nSPS) is 30.2. The number of aliphatic hydroxyl groups excluding tert-OH is 2. The largest absolute Gasteiger partial charge is 0.376 e. The van der Waals surface area contributed by atoms with Crippen LogP contribution in [0.15, 0.2) is 0 Å². The fourth-order valence-electron chi connectivity index (χ4n) is 1.41. The fraction of sp³-hybridized carbons (Fsp3) is 0.857. The van der Waals surface area contributed by atoms with Crippen molar-refractivity contribution in [1.29, 1.82) is 0 Å². The van der Waals surface area contributed by atoms with E-state index in [9.17, 15) is 4.79 Å². The molecule has 0 radical (unpaired) electrons. The molecule has 0 aromatic heterocycles. The average Bonchev–Trinajstić information content (AvgIpc) is 2.25. The van der Waals surface area contributed by atoms with E-state index in [1.165, 1.54) is 9.80 Å². The molecule has 1 aliphatic heterocycles. The molecule has 2 N–H and O–H groups in total. The van der Waals surface area contributed by atoms with E-state index >= 15 is 0 Å². The average molecular weight is 174 g/mol. The zero-order valence-electron chi connectivity index (χ0n) is 7.27. The van der Waals surface area contributed by atoms with E-state index in [-0.39, 0.29) is 31.6 Å². The summed E-state index contributed by atoms with van der Waals surface area (Å²) in [6, 6.07) is -0.399. The second-order valence-electron chi connectivity index (χ2n) is 2.99. The summed E-state index contributed by atoms with van der Waals surface area (Å²) in [7, 11) is 0. The number of hydrogen-bond acceptors (Lipinski definition) is 3. The Morgan fingerprint density at radius 2 is 1.50 bits per heavy atom. The molecule has 70 valence electrons. The highest BCUT2D eigenvalue weighted by atomic mass is 16.3. The summed E-state index contributed by atoms with van der Waals surface area (Å²) in [5, 5.41) is 17.7. The summed E-state index contributed by atoms with van der Waals surface area (Å²) in [6.45, 7) is 3.10. The number of carbonyl (C=O) groups is 1. The van der Waals surface area contributed by atoms with E-state index in [0.717, 1.165) is 0 Å². The number of carbonyl (C=O) groups excluding carboxylic acids is 1. The lowest BCUT2D eigenvalue weighted by molar-refractivity contribution is 0.104. The molecule has 0 aliphatic carbocycles. The maximum Gasteiger partial charge on any atom is 0.324 e. The van der Waals surface area contributed by atoms with Crippen LogP contribution in [0.25, 0.3) is 0 Å². The number of nitrogens with zero attached hydrogens (tertiary/aromatic N) is 2. The van der Waals surface area contributed by atoms with Crippen LogP contribution in [0.2, 0.25) is 0 Å². The molecule has 2 unspecified atom stereocenters. The molecule has 1 heterocycles. The van der Waals surface area contributed by atoms with Crippen molar-refractivity contribution in [3.8, 4) is 0 Å². The van der Waals surface area contributed by atoms with Gasteiger partial charge in [-0.3, -0.25) is 9.80 Å². The van der Waals surface area contributed by atoms with Crippen LogP contribution in [0.5, 0.6) is 0 Å². The van der Waals surface area contributed by atoms with E-state index in [0.29, 0.717) is 0 Å². The molecule has 0 saturated carbocycles. The van der Waals surface area contributed by atoms with E-state index in [4.69, 9.17) is 10.2 Å². The van der Waals surface area contributed by atoms with Gasteiger partial charge in [0.15, 0.2) is 0 Å². The minimum atomic E-state index is -0.306. The second kappa shape index (κ2) is 3.28. The molecule has 1 rings (SSSR count). The van der Waals surface area contributed by atoms with Crippen molar-refractivity contribution in [2.75, 3.05) is 13.5 Å². The van der Waals surface area contributed by atoms with Crippen molar-refractivity contribution in [2.45, 2.75) is 25.9 Å². The molecule has 1 saturated heterocycles. The Kier molecular flexibility index (Phi) is 2.54. The van der Waals surface area contributed by atoms with Crippen LogP contribution in [-0.4, -0.2) is 51.6 Å². The molecule has 12 heavy (non-hydrogen) atoms. The zero-order valence-corrected chi connectivity index (χ0v) is 7.27. The molecule has 0 bridgehead atoms. The Hall–Kier alpha value is -0.810. The highest BCUT2D eigenvalue weighted by molar-refractivity contribution is 5.77. The van der Waals surface area contributed by atoms with Crippen LogP contribution in [0.3, 0.4) is 0 Å². The van der Waals surface area contributed by atoms with Crippen molar-refractivity contribution in [3.63, 3.8) is 0 Å². The number of aliphatic hydroxyl groups is 2. The second-order valence-corrected chi connectivity index (χ2v) is 2.99. The van der Waals surface area contributed by atoms with Gasteiger partial charge in [0.1, 0.15) is 13.5 Å². The van der Waals surface area contributed by atoms with Crippen LogP contribution in [0, 0.1) is 0 Å². The van der Waals surface area contributed by atoms with Crippen LogP contribution in [0.1, 0.15) is 13.8 Å². The van der Waals surface area contributed by atoms with Gasteiger partial charge in [-0.25, -0.2) is 4.79 Å². The summed E-state index contributed by atoms with van der Waals surface area (Å²) in [5.74, 6) is 0. The van der Waals surface area contributed by atoms with E-state index in [2.05, 4.69) is 0 Å². The number of urea groups is 1. The quantitative estimate of drug-likeness (QED) is 0.587. The first-order valence-corrected chi connectivity index (χ1v) is 3.92. The summed E-state index contributed by atoms with van der Waals surface area (Å²) in [4.78, 5) is 14.0. The van der Waals surface area contributed by atoms with Gasteiger partial charge in [0.05, 0.1) is 12.1 Å². The molecule has 2 atom stereocenters. The van der Waals surface area contributed by atoms with Crippen molar-refractivity contribution in [1.82, 2.24) is 9.80 Å². The van der Waals surface area contributed by atoms with Gasteiger partial charge >= 0.3 is 6.03 Å². The maximum atomic E-state index is 11.3. The zero-order chi connectivity index (χ0) is 9.30. The Labute approximate surface area is 71.2 Å². The lowest BCUT2D eigenvalue weighted by Crippen LogP contribution is -2.34. The summed E-state index contributed by atoms with van der Waals surface area (Å²) >= 11 is 0. The molecule has 5 nitrogen and oxygen atoms in total. The summed E-state index contributed by atoms with van der Waals surface area (Å²) in [6.07, 6.45) is 0. The van der Waals surface area contributed by atoms with Gasteiger partial charge < -0.3 is 10.2 Å². The number of amides is 2. The summed E-state index contributed by atoms with van der Waals surface area (Å²) < 4.78 is 0. The van der Waals surface area contributed by atoms with Crippen molar-refractivity contribution < 1.29 is 15.0 Å². The molecule has 0 aromatic rings. The fourth-order valence-corrected chi connectivity index (χ4v) is 1.41. The van der Waals surface area contributed by atoms with Gasteiger partial charge in [0.2, 0.25) is 0 Å². The Bertz CT molecular complexity index is 167. The molecule has 0 spiro atoms. The van der Waals surface area contributed by atoms with Gasteiger partial charge in [0.25, 0.3) is 0 Å². The van der Waals surface area contributed by atoms with Crippen molar-refractivity contribution in [3.05, 3.63) is 0 Å². The molecular weight excluding hydrogens is 160 g/mol. The minimum absolute atomic E-state index is 0.0466. The first kappa shape index (κ1) is 9.28. The molecule has 1 fully saturated rings. The molecule has 2 amide bonds. The van der Waals surface area contributed by atoms with Crippen LogP contribution in [0.4, 0.5) is 4.79 Å². The number of hydrogen-bond donors (Lipinski definition) is 2. The Morgan fingerprint density at radius 3 is 1.67 bits per heavy atom. The molecule has 0 aromatic carbocycles. The first-order valence-electron chi connectivity index (χ1n) is 3.92. The van der Waals surface area contributed by atoms with Gasteiger partial charge in [-0.05, 0) is 13.8 Å². The third-order valence-corrected chi connectivity index (χ3v) is 2.48. The van der Waals surface area contributed by atoms with Gasteiger partial charge in [0, 0.05) is 0 Å². The third-order valence-electron chi connectivity index (χ3n) is 2.48. The lowest BCUT2D eigenvalue weighted by atomic mass is 10.2. The van der Waals surface area contributed by atoms with Crippen LogP contribution < -0.4 is 0 Å². The SMILES string of the molecule is CC1C(C)N(CO)C(=O)N1CO. The van der Waals surface area contributed by atoms with E-state index in [1.54, 1.807) is 0 Å². The summed E-state index contributed by atoms with van der Waals surface area (Å²) in [5.41, 5.74) is 0. The number of rotatable bonds is 2. The predicted molar refractivity (Wildman–Crippen MR) is 42.2 cm³/mol. The molecule has 1 aliphatic rings. The van der Waals surface area contributed by atoms with Gasteiger partial charge in [-0.1, -0.05) is 0 Å². The Balaban J connectivity index is 2.78. The smallest absolute Gasteiger partial charge is 0.324 e. The van der Waals surface area contributed by atoms with E-state index < -0.39 is 0 Å². The Morgan fingerprint density at radius 1 is 1.17 bits per heavy atom. The van der Waals surface area contributed by atoms with Crippen LogP contribution in [-0.2, 0) is 0 Å². The maximum absolute atomic E-state index is 11.3. The topological polar surface area (TPSA) is 64.0 Å². The lowest BCUT2D eigenvalue weighted by Gasteiger charge is -2.18. The van der Waals surface area contributed by atoms with Gasteiger partial charge in [-0.15, -0.1) is 0 Å². The monoisotopic (exact) mass is 174 g/mol.